The van der Waals surface area contributed by atoms with Crippen LogP contribution in [0.5, 0.6) is 5.88 Å². The minimum atomic E-state index is -2.97. The lowest BCUT2D eigenvalue weighted by Crippen LogP contribution is -2.40. The number of rotatable bonds is 8. The molecule has 3 rings (SSSR count). The average molecular weight is 399 g/mol. The number of hydrogen-bond donors (Lipinski definition) is 1. The molecule has 0 unspecified atom stereocenters. The third-order valence-electron chi connectivity index (χ3n) is 4.30. The number of alkyl halides is 2. The fourth-order valence-electron chi connectivity index (χ4n) is 2.89. The highest BCUT2D eigenvalue weighted by molar-refractivity contribution is 7.18. The van der Waals surface area contributed by atoms with Gasteiger partial charge >= 0.3 is 0 Å². The molecule has 0 radical (unpaired) electrons. The molecule has 0 aromatic carbocycles. The molecule has 9 heteroatoms. The van der Waals surface area contributed by atoms with Crippen LogP contribution in [0.3, 0.4) is 0 Å². The number of nitrogens with one attached hydrogen (secondary N) is 1. The summed E-state index contributed by atoms with van der Waals surface area (Å²) in [6.45, 7) is 5.22. The van der Waals surface area contributed by atoms with Crippen LogP contribution in [0.4, 0.5) is 8.78 Å². The van der Waals surface area contributed by atoms with E-state index in [2.05, 4.69) is 15.3 Å². The maximum absolute atomic E-state index is 13.4. The molecule has 0 spiro atoms. The molecule has 0 bridgehead atoms. The summed E-state index contributed by atoms with van der Waals surface area (Å²) < 4.78 is 38.2. The van der Waals surface area contributed by atoms with Gasteiger partial charge in [-0.2, -0.15) is 8.78 Å². The van der Waals surface area contributed by atoms with Gasteiger partial charge in [0.25, 0.3) is 5.92 Å². The Bertz CT molecular complexity index is 803. The molecule has 27 heavy (non-hydrogen) atoms. The van der Waals surface area contributed by atoms with Crippen molar-refractivity contribution in [2.45, 2.75) is 51.7 Å². The summed E-state index contributed by atoms with van der Waals surface area (Å²) >= 11 is 0.884. The summed E-state index contributed by atoms with van der Waals surface area (Å²) in [6, 6.07) is 3.30. The zero-order chi connectivity index (χ0) is 19.6. The first-order chi connectivity index (χ1) is 12.7. The number of ether oxygens (including phenoxy) is 2. The van der Waals surface area contributed by atoms with E-state index >= 15 is 0 Å². The normalized spacial score (nSPS) is 20.9. The Morgan fingerprint density at radius 1 is 1.41 bits per heavy atom. The van der Waals surface area contributed by atoms with Crippen molar-refractivity contribution in [1.29, 1.82) is 0 Å². The van der Waals surface area contributed by atoms with Gasteiger partial charge in [0.05, 0.1) is 19.3 Å². The van der Waals surface area contributed by atoms with E-state index in [1.54, 1.807) is 12.1 Å². The Balaban J connectivity index is 1.43. The number of aromatic nitrogens is 2. The minimum Gasteiger partial charge on any atom is -0.477 e. The average Bonchev–Trinajstić information content (AvgIpc) is 2.95. The van der Waals surface area contributed by atoms with E-state index in [0.29, 0.717) is 35.4 Å². The number of halogens is 2. The minimum absolute atomic E-state index is 0.00600. The highest BCUT2D eigenvalue weighted by atomic mass is 32.1. The second kappa shape index (κ2) is 8.02. The van der Waals surface area contributed by atoms with Gasteiger partial charge in [-0.05, 0) is 31.7 Å². The summed E-state index contributed by atoms with van der Waals surface area (Å²) in [5, 5.41) is 2.54. The number of hydrogen-bond acceptors (Lipinski definition) is 6. The van der Waals surface area contributed by atoms with Crippen molar-refractivity contribution in [2.24, 2.45) is 5.92 Å². The topological polar surface area (TPSA) is 73.3 Å². The summed E-state index contributed by atoms with van der Waals surface area (Å²) in [5.74, 6) is -2.24. The summed E-state index contributed by atoms with van der Waals surface area (Å²) in [6.07, 6.45) is 1.96. The maximum Gasteiger partial charge on any atom is 0.296 e. The lowest BCUT2D eigenvalue weighted by molar-refractivity contribution is -0.120. The lowest BCUT2D eigenvalue weighted by Gasteiger charge is -2.35. The van der Waals surface area contributed by atoms with Crippen LogP contribution in [0.25, 0.3) is 10.3 Å². The summed E-state index contributed by atoms with van der Waals surface area (Å²) in [4.78, 5) is 19.6. The number of pyridine rings is 1. The number of amides is 1. The van der Waals surface area contributed by atoms with Gasteiger partial charge in [0.15, 0.2) is 5.01 Å². The summed E-state index contributed by atoms with van der Waals surface area (Å²) in [5.41, 5.74) is 0.453. The zero-order valence-corrected chi connectivity index (χ0v) is 16.3. The first-order valence-corrected chi connectivity index (χ1v) is 9.69. The first kappa shape index (κ1) is 19.9. The van der Waals surface area contributed by atoms with Gasteiger partial charge in [-0.1, -0.05) is 11.3 Å². The van der Waals surface area contributed by atoms with Gasteiger partial charge < -0.3 is 14.8 Å². The van der Waals surface area contributed by atoms with Crippen LogP contribution in [0.1, 0.15) is 38.6 Å². The highest BCUT2D eigenvalue weighted by Gasteiger charge is 2.31. The molecular weight excluding hydrogens is 376 g/mol. The molecule has 2 aromatic heterocycles. The largest absolute Gasteiger partial charge is 0.477 e. The fourth-order valence-corrected chi connectivity index (χ4v) is 3.75. The monoisotopic (exact) mass is 399 g/mol. The standard InChI is InChI=1S/C18H23F2N3O3S/c1-10(21-11(2)24)8-25-13-6-12(7-13)9-26-15-5-4-14-16(23-15)27-17(22-14)18(3,19)20/h4-5,10,12-13H,6-9H2,1-3H3,(H,21,24)/t10-,12?,13?/m0/s1. The zero-order valence-electron chi connectivity index (χ0n) is 15.5. The Morgan fingerprint density at radius 3 is 2.81 bits per heavy atom. The predicted molar refractivity (Wildman–Crippen MR) is 98.2 cm³/mol. The number of carbonyl (C=O) groups excluding carboxylic acids is 1. The summed E-state index contributed by atoms with van der Waals surface area (Å²) in [7, 11) is 0. The van der Waals surface area contributed by atoms with E-state index in [4.69, 9.17) is 9.47 Å². The van der Waals surface area contributed by atoms with Crippen LogP contribution in [0, 0.1) is 5.92 Å². The second-order valence-corrected chi connectivity index (χ2v) is 8.06. The van der Waals surface area contributed by atoms with E-state index in [1.807, 2.05) is 6.92 Å². The van der Waals surface area contributed by atoms with E-state index in [1.165, 1.54) is 6.92 Å². The Morgan fingerprint density at radius 2 is 2.15 bits per heavy atom. The Kier molecular flexibility index (Phi) is 5.90. The first-order valence-electron chi connectivity index (χ1n) is 8.88. The van der Waals surface area contributed by atoms with Crippen molar-refractivity contribution in [3.63, 3.8) is 0 Å². The predicted octanol–water partition coefficient (Wildman–Crippen LogP) is 3.50. The van der Waals surface area contributed by atoms with E-state index < -0.39 is 5.92 Å². The van der Waals surface area contributed by atoms with Gasteiger partial charge in [0, 0.05) is 26.0 Å². The Labute approximate surface area is 160 Å². The molecule has 0 saturated heterocycles. The molecule has 6 nitrogen and oxygen atoms in total. The van der Waals surface area contributed by atoms with E-state index in [0.717, 1.165) is 31.1 Å². The SMILES string of the molecule is CC(=O)N[C@@H](C)COC1CC(COc2ccc3nc(C(C)(F)F)sc3n2)C1. The molecule has 1 N–H and O–H groups in total. The third-order valence-corrected chi connectivity index (χ3v) is 5.43. The molecule has 1 saturated carbocycles. The fraction of sp³-hybridized carbons (Fsp3) is 0.611. The van der Waals surface area contributed by atoms with Crippen LogP contribution in [0.2, 0.25) is 0 Å². The quantitative estimate of drug-likeness (QED) is 0.735. The number of carbonyl (C=O) groups is 1. The Hall–Kier alpha value is -1.87. The molecule has 1 atom stereocenters. The van der Waals surface area contributed by atoms with Crippen LogP contribution < -0.4 is 10.1 Å². The molecule has 1 aliphatic rings. The molecular formula is C18H23F2N3O3S. The van der Waals surface area contributed by atoms with Crippen molar-refractivity contribution in [3.05, 3.63) is 17.1 Å². The van der Waals surface area contributed by atoms with E-state index in [9.17, 15) is 13.6 Å². The lowest BCUT2D eigenvalue weighted by atomic mass is 9.83. The number of fused-ring (bicyclic) bond motifs is 1. The van der Waals surface area contributed by atoms with Crippen LogP contribution in [0.15, 0.2) is 12.1 Å². The van der Waals surface area contributed by atoms with Crippen LogP contribution >= 0.6 is 11.3 Å². The highest BCUT2D eigenvalue weighted by Crippen LogP contribution is 2.34. The van der Waals surface area contributed by atoms with Crippen molar-refractivity contribution in [2.75, 3.05) is 13.2 Å². The molecule has 1 amide bonds. The van der Waals surface area contributed by atoms with E-state index in [-0.39, 0.29) is 23.1 Å². The second-order valence-electron chi connectivity index (χ2n) is 7.09. The van der Waals surface area contributed by atoms with Gasteiger partial charge in [-0.3, -0.25) is 4.79 Å². The van der Waals surface area contributed by atoms with Crippen molar-refractivity contribution in [1.82, 2.24) is 15.3 Å². The van der Waals surface area contributed by atoms with Crippen LogP contribution in [-0.4, -0.2) is 41.2 Å². The van der Waals surface area contributed by atoms with Crippen molar-refractivity contribution < 1.29 is 23.0 Å². The molecule has 0 aliphatic heterocycles. The smallest absolute Gasteiger partial charge is 0.296 e. The van der Waals surface area contributed by atoms with Gasteiger partial charge in [-0.15, -0.1) is 0 Å². The molecule has 2 heterocycles. The van der Waals surface area contributed by atoms with Crippen molar-refractivity contribution >= 4 is 27.6 Å². The molecule has 1 fully saturated rings. The number of thiazole rings is 1. The maximum atomic E-state index is 13.4. The van der Waals surface area contributed by atoms with Gasteiger partial charge in [0.2, 0.25) is 11.8 Å². The molecule has 148 valence electrons. The van der Waals surface area contributed by atoms with Gasteiger partial charge in [-0.25, -0.2) is 9.97 Å². The molecule has 1 aliphatic carbocycles. The van der Waals surface area contributed by atoms with Gasteiger partial charge in [0.1, 0.15) is 10.3 Å². The molecule has 2 aromatic rings. The van der Waals surface area contributed by atoms with Crippen molar-refractivity contribution in [3.8, 4) is 5.88 Å². The number of nitrogens with zero attached hydrogens (tertiary/aromatic N) is 2. The van der Waals surface area contributed by atoms with Crippen LogP contribution in [-0.2, 0) is 15.5 Å². The third kappa shape index (κ3) is 5.32.